The zero-order chi connectivity index (χ0) is 18.8. The third-order valence-corrected chi connectivity index (χ3v) is 5.53. The van der Waals surface area contributed by atoms with Crippen molar-refractivity contribution in [2.75, 3.05) is 5.32 Å². The number of nitrogens with zero attached hydrogens (tertiary/aromatic N) is 1. The highest BCUT2D eigenvalue weighted by Crippen LogP contribution is 2.41. The largest absolute Gasteiger partial charge is 0.332 e. The van der Waals surface area contributed by atoms with Gasteiger partial charge in [0.2, 0.25) is 11.8 Å². The molecular weight excluding hydrogens is 336 g/mol. The minimum absolute atomic E-state index is 0.0882. The second kappa shape index (κ2) is 7.55. The molecule has 0 aromatic heterocycles. The first-order chi connectivity index (χ1) is 13.1. The zero-order valence-electron chi connectivity index (χ0n) is 15.8. The van der Waals surface area contributed by atoms with Crippen molar-refractivity contribution < 1.29 is 9.59 Å². The molecule has 2 amide bonds. The fraction of sp³-hybridized carbons (Fsp3) is 0.391. The van der Waals surface area contributed by atoms with E-state index in [9.17, 15) is 9.59 Å². The molecule has 140 valence electrons. The van der Waals surface area contributed by atoms with Gasteiger partial charge in [-0.2, -0.15) is 0 Å². The summed E-state index contributed by atoms with van der Waals surface area (Å²) in [5, 5.41) is 2.76. The second-order valence-corrected chi connectivity index (χ2v) is 7.69. The molecule has 1 N–H and O–H groups in total. The van der Waals surface area contributed by atoms with Crippen LogP contribution in [0, 0.1) is 0 Å². The molecule has 4 rings (SSSR count). The highest BCUT2D eigenvalue weighted by atomic mass is 16.2. The number of hydrogen-bond donors (Lipinski definition) is 1. The summed E-state index contributed by atoms with van der Waals surface area (Å²) in [5.41, 5.74) is 4.49. The number of rotatable bonds is 5. The van der Waals surface area contributed by atoms with Crippen molar-refractivity contribution in [3.05, 3.63) is 65.2 Å². The number of amides is 2. The van der Waals surface area contributed by atoms with Gasteiger partial charge in [0.15, 0.2) is 0 Å². The molecule has 0 radical (unpaired) electrons. The smallest absolute Gasteiger partial charge is 0.227 e. The molecule has 1 atom stereocenters. The summed E-state index contributed by atoms with van der Waals surface area (Å²) in [6, 6.07) is 16.8. The monoisotopic (exact) mass is 362 g/mol. The highest BCUT2D eigenvalue weighted by Gasteiger charge is 2.39. The summed E-state index contributed by atoms with van der Waals surface area (Å²) in [6.45, 7) is 1.49. The van der Waals surface area contributed by atoms with Crippen molar-refractivity contribution in [2.45, 2.75) is 57.5 Å². The zero-order valence-corrected chi connectivity index (χ0v) is 15.8. The van der Waals surface area contributed by atoms with Gasteiger partial charge in [-0.1, -0.05) is 36.4 Å². The number of fused-ring (bicyclic) bond motifs is 1. The van der Waals surface area contributed by atoms with Crippen LogP contribution < -0.4 is 5.32 Å². The number of nitrogens with one attached hydrogen (secondary N) is 1. The van der Waals surface area contributed by atoms with Gasteiger partial charge in [0, 0.05) is 18.7 Å². The maximum absolute atomic E-state index is 13.2. The van der Waals surface area contributed by atoms with Crippen LogP contribution in [0.3, 0.4) is 0 Å². The van der Waals surface area contributed by atoms with E-state index in [1.807, 2.05) is 24.3 Å². The molecular formula is C23H26N2O2. The summed E-state index contributed by atoms with van der Waals surface area (Å²) in [6.07, 6.45) is 5.96. The average Bonchev–Trinajstić information content (AvgIpc) is 3.48. The van der Waals surface area contributed by atoms with Crippen LogP contribution in [-0.2, 0) is 22.4 Å². The topological polar surface area (TPSA) is 49.4 Å². The van der Waals surface area contributed by atoms with Gasteiger partial charge in [-0.15, -0.1) is 0 Å². The summed E-state index contributed by atoms with van der Waals surface area (Å²) >= 11 is 0. The van der Waals surface area contributed by atoms with E-state index in [1.165, 1.54) is 18.1 Å². The minimum atomic E-state index is -0.0882. The number of carbonyl (C=O) groups is 2. The predicted octanol–water partition coefficient (Wildman–Crippen LogP) is 4.26. The Morgan fingerprint density at radius 2 is 1.78 bits per heavy atom. The predicted molar refractivity (Wildman–Crippen MR) is 106 cm³/mol. The molecule has 1 saturated carbocycles. The molecule has 2 aromatic rings. The maximum Gasteiger partial charge on any atom is 0.227 e. The summed E-state index contributed by atoms with van der Waals surface area (Å²) in [5.74, 6) is 0.126. The van der Waals surface area contributed by atoms with Crippen molar-refractivity contribution in [3.8, 4) is 0 Å². The normalized spacial score (nSPS) is 18.5. The molecule has 4 nitrogen and oxygen atoms in total. The van der Waals surface area contributed by atoms with E-state index in [1.54, 1.807) is 0 Å². The molecule has 0 heterocycles. The van der Waals surface area contributed by atoms with Gasteiger partial charge >= 0.3 is 0 Å². The molecule has 2 aliphatic rings. The van der Waals surface area contributed by atoms with Crippen LogP contribution in [0.2, 0.25) is 0 Å². The van der Waals surface area contributed by atoms with Gasteiger partial charge in [-0.3, -0.25) is 9.59 Å². The Morgan fingerprint density at radius 1 is 1.04 bits per heavy atom. The SMILES string of the molecule is CC(=O)Nc1ccc(CC(=O)N(C2CC2)C2CCCc3ccccc32)cc1. The van der Waals surface area contributed by atoms with E-state index in [0.717, 1.165) is 43.4 Å². The Bertz CT molecular complexity index is 840. The van der Waals surface area contributed by atoms with Crippen molar-refractivity contribution in [1.29, 1.82) is 0 Å². The van der Waals surface area contributed by atoms with Crippen LogP contribution in [-0.4, -0.2) is 22.8 Å². The summed E-state index contributed by atoms with van der Waals surface area (Å²) in [7, 11) is 0. The molecule has 0 saturated heterocycles. The molecule has 0 bridgehead atoms. The van der Waals surface area contributed by atoms with Crippen LogP contribution in [0.4, 0.5) is 5.69 Å². The number of hydrogen-bond acceptors (Lipinski definition) is 2. The van der Waals surface area contributed by atoms with Gasteiger partial charge in [-0.05, 0) is 60.9 Å². The minimum Gasteiger partial charge on any atom is -0.332 e. The van der Waals surface area contributed by atoms with Crippen molar-refractivity contribution >= 4 is 17.5 Å². The summed E-state index contributed by atoms with van der Waals surface area (Å²) < 4.78 is 0. The molecule has 4 heteroatoms. The first-order valence-corrected chi connectivity index (χ1v) is 9.87. The van der Waals surface area contributed by atoms with E-state index in [0.29, 0.717) is 12.5 Å². The van der Waals surface area contributed by atoms with Crippen molar-refractivity contribution in [1.82, 2.24) is 4.90 Å². The van der Waals surface area contributed by atoms with E-state index >= 15 is 0 Å². The van der Waals surface area contributed by atoms with E-state index < -0.39 is 0 Å². The van der Waals surface area contributed by atoms with Crippen LogP contribution >= 0.6 is 0 Å². The number of anilines is 1. The summed E-state index contributed by atoms with van der Waals surface area (Å²) in [4.78, 5) is 26.5. The molecule has 2 aromatic carbocycles. The third kappa shape index (κ3) is 4.05. The number of benzene rings is 2. The average molecular weight is 362 g/mol. The third-order valence-electron chi connectivity index (χ3n) is 5.53. The van der Waals surface area contributed by atoms with Crippen molar-refractivity contribution in [2.24, 2.45) is 0 Å². The molecule has 2 aliphatic carbocycles. The van der Waals surface area contributed by atoms with E-state index in [2.05, 4.69) is 34.5 Å². The van der Waals surface area contributed by atoms with Gasteiger partial charge in [0.1, 0.15) is 0 Å². The van der Waals surface area contributed by atoms with E-state index in [-0.39, 0.29) is 17.9 Å². The lowest BCUT2D eigenvalue weighted by molar-refractivity contribution is -0.134. The molecule has 0 aliphatic heterocycles. The van der Waals surface area contributed by atoms with Crippen LogP contribution in [0.15, 0.2) is 48.5 Å². The Balaban J connectivity index is 1.52. The Kier molecular flexibility index (Phi) is 4.97. The van der Waals surface area contributed by atoms with E-state index in [4.69, 9.17) is 0 Å². The number of carbonyl (C=O) groups excluding carboxylic acids is 2. The Labute approximate surface area is 160 Å². The lowest BCUT2D eigenvalue weighted by atomic mass is 9.86. The first kappa shape index (κ1) is 17.8. The Morgan fingerprint density at radius 3 is 2.48 bits per heavy atom. The molecule has 1 fully saturated rings. The van der Waals surface area contributed by atoms with Crippen molar-refractivity contribution in [3.63, 3.8) is 0 Å². The van der Waals surface area contributed by atoms with Gasteiger partial charge in [0.25, 0.3) is 0 Å². The van der Waals surface area contributed by atoms with Gasteiger partial charge < -0.3 is 10.2 Å². The number of aryl methyl sites for hydroxylation is 1. The Hall–Kier alpha value is -2.62. The standard InChI is InChI=1S/C23H26N2O2/c1-16(26)24-19-11-9-17(10-12-19)15-23(27)25(20-13-14-20)22-8-4-6-18-5-2-3-7-21(18)22/h2-3,5,7,9-12,20,22H,4,6,8,13-15H2,1H3,(H,24,26). The quantitative estimate of drug-likeness (QED) is 0.864. The lowest BCUT2D eigenvalue weighted by Gasteiger charge is -2.36. The molecule has 0 spiro atoms. The van der Waals surface area contributed by atoms with Gasteiger partial charge in [-0.25, -0.2) is 0 Å². The highest BCUT2D eigenvalue weighted by molar-refractivity contribution is 5.88. The molecule has 27 heavy (non-hydrogen) atoms. The van der Waals surface area contributed by atoms with Crippen LogP contribution in [0.1, 0.15) is 55.3 Å². The van der Waals surface area contributed by atoms with Crippen LogP contribution in [0.5, 0.6) is 0 Å². The first-order valence-electron chi connectivity index (χ1n) is 9.87. The van der Waals surface area contributed by atoms with Gasteiger partial charge in [0.05, 0.1) is 12.5 Å². The lowest BCUT2D eigenvalue weighted by Crippen LogP contribution is -2.39. The fourth-order valence-corrected chi connectivity index (χ4v) is 4.18. The fourth-order valence-electron chi connectivity index (χ4n) is 4.18. The maximum atomic E-state index is 13.2. The van der Waals surface area contributed by atoms with Crippen LogP contribution in [0.25, 0.3) is 0 Å². The second-order valence-electron chi connectivity index (χ2n) is 7.69. The molecule has 1 unspecified atom stereocenters.